The molecule has 1 atom stereocenters. The minimum absolute atomic E-state index is 0.0843. The van der Waals surface area contributed by atoms with E-state index in [4.69, 9.17) is 0 Å². The van der Waals surface area contributed by atoms with Crippen LogP contribution in [0, 0.1) is 13.8 Å². The van der Waals surface area contributed by atoms with Crippen LogP contribution < -0.4 is 5.32 Å². The van der Waals surface area contributed by atoms with Crippen molar-refractivity contribution in [2.75, 3.05) is 11.9 Å². The fourth-order valence-electron chi connectivity index (χ4n) is 3.20. The van der Waals surface area contributed by atoms with E-state index in [1.807, 2.05) is 13.1 Å². The van der Waals surface area contributed by atoms with Gasteiger partial charge in [0.05, 0.1) is 0 Å². The summed E-state index contributed by atoms with van der Waals surface area (Å²) in [6.45, 7) is 9.61. The van der Waals surface area contributed by atoms with Gasteiger partial charge < -0.3 is 5.32 Å². The standard InChI is InChI=1S/C17H23N5OS/c1-10-7-15-11(2)19-12(3)20-16(15)5-6-22(10)9-14-8-18-17(24-14)21-13(4)23/h8,10H,5-7,9H2,1-4H3,(H,18,21,23)/t10-/m1/s1. The molecule has 7 heteroatoms. The molecule has 24 heavy (non-hydrogen) atoms. The van der Waals surface area contributed by atoms with Gasteiger partial charge in [-0.1, -0.05) is 0 Å². The minimum Gasteiger partial charge on any atom is -0.302 e. The molecular formula is C17H23N5OS. The number of nitrogens with one attached hydrogen (secondary N) is 1. The number of aryl methyl sites for hydroxylation is 2. The van der Waals surface area contributed by atoms with E-state index >= 15 is 0 Å². The topological polar surface area (TPSA) is 71.0 Å². The number of fused-ring (bicyclic) bond motifs is 1. The number of amides is 1. The molecule has 6 nitrogen and oxygen atoms in total. The molecule has 0 spiro atoms. The first kappa shape index (κ1) is 17.0. The second-order valence-electron chi connectivity index (χ2n) is 6.37. The lowest BCUT2D eigenvalue weighted by Crippen LogP contribution is -2.33. The number of carbonyl (C=O) groups is 1. The molecule has 3 heterocycles. The predicted octanol–water partition coefficient (Wildman–Crippen LogP) is 2.50. The Morgan fingerprint density at radius 2 is 2.21 bits per heavy atom. The molecule has 1 aliphatic heterocycles. The van der Waals surface area contributed by atoms with Crippen molar-refractivity contribution < 1.29 is 4.79 Å². The van der Waals surface area contributed by atoms with Crippen LogP contribution in [0.3, 0.4) is 0 Å². The van der Waals surface area contributed by atoms with E-state index in [2.05, 4.69) is 39.0 Å². The van der Waals surface area contributed by atoms with Gasteiger partial charge in [-0.2, -0.15) is 0 Å². The molecule has 0 saturated carbocycles. The summed E-state index contributed by atoms with van der Waals surface area (Å²) in [5.74, 6) is 0.772. The summed E-state index contributed by atoms with van der Waals surface area (Å²) in [4.78, 5) is 28.2. The van der Waals surface area contributed by atoms with Crippen LogP contribution in [0.1, 0.15) is 41.5 Å². The molecule has 3 rings (SSSR count). The Kier molecular flexibility index (Phi) is 4.91. The highest BCUT2D eigenvalue weighted by molar-refractivity contribution is 7.15. The van der Waals surface area contributed by atoms with Crippen LogP contribution >= 0.6 is 11.3 Å². The maximum absolute atomic E-state index is 11.1. The minimum atomic E-state index is -0.0843. The number of nitrogens with zero attached hydrogens (tertiary/aromatic N) is 4. The molecule has 0 aliphatic carbocycles. The number of hydrogen-bond acceptors (Lipinski definition) is 6. The van der Waals surface area contributed by atoms with E-state index in [-0.39, 0.29) is 5.91 Å². The van der Waals surface area contributed by atoms with Crippen LogP contribution in [-0.2, 0) is 24.2 Å². The van der Waals surface area contributed by atoms with Crippen molar-refractivity contribution in [3.63, 3.8) is 0 Å². The Bertz CT molecular complexity index is 757. The number of hydrogen-bond donors (Lipinski definition) is 1. The SMILES string of the molecule is CC(=O)Nc1ncc(CN2CCc3nc(C)nc(C)c3C[C@H]2C)s1. The molecule has 0 radical (unpaired) electrons. The van der Waals surface area contributed by atoms with Crippen LogP contribution in [0.15, 0.2) is 6.20 Å². The summed E-state index contributed by atoms with van der Waals surface area (Å²) in [7, 11) is 0. The van der Waals surface area contributed by atoms with Gasteiger partial charge in [0.15, 0.2) is 5.13 Å². The Hall–Kier alpha value is -1.86. The highest BCUT2D eigenvalue weighted by Crippen LogP contribution is 2.25. The molecular weight excluding hydrogens is 322 g/mol. The lowest BCUT2D eigenvalue weighted by atomic mass is 10.0. The Labute approximate surface area is 146 Å². The van der Waals surface area contributed by atoms with Gasteiger partial charge in [0.2, 0.25) is 5.91 Å². The fraction of sp³-hybridized carbons (Fsp3) is 0.529. The van der Waals surface area contributed by atoms with Crippen LogP contribution in [0.4, 0.5) is 5.13 Å². The number of anilines is 1. The van der Waals surface area contributed by atoms with Crippen molar-refractivity contribution in [2.24, 2.45) is 0 Å². The van der Waals surface area contributed by atoms with E-state index in [1.165, 1.54) is 18.2 Å². The van der Waals surface area contributed by atoms with Gasteiger partial charge in [0, 0.05) is 54.9 Å². The number of rotatable bonds is 3. The van der Waals surface area contributed by atoms with Gasteiger partial charge in [-0.15, -0.1) is 11.3 Å². The second kappa shape index (κ2) is 6.94. The fourth-order valence-corrected chi connectivity index (χ4v) is 4.08. The van der Waals surface area contributed by atoms with Gasteiger partial charge >= 0.3 is 0 Å². The summed E-state index contributed by atoms with van der Waals surface area (Å²) < 4.78 is 0. The van der Waals surface area contributed by atoms with E-state index in [0.29, 0.717) is 11.2 Å². The zero-order valence-electron chi connectivity index (χ0n) is 14.6. The summed E-state index contributed by atoms with van der Waals surface area (Å²) >= 11 is 1.54. The van der Waals surface area contributed by atoms with Crippen LogP contribution in [0.2, 0.25) is 0 Å². The highest BCUT2D eigenvalue weighted by Gasteiger charge is 2.24. The third-order valence-corrected chi connectivity index (χ3v) is 5.26. The summed E-state index contributed by atoms with van der Waals surface area (Å²) in [6.07, 6.45) is 3.77. The molecule has 2 aromatic rings. The normalized spacial score (nSPS) is 18.1. The van der Waals surface area contributed by atoms with Gasteiger partial charge in [-0.25, -0.2) is 15.0 Å². The summed E-state index contributed by atoms with van der Waals surface area (Å²) in [5.41, 5.74) is 3.60. The Balaban J connectivity index is 1.73. The van der Waals surface area contributed by atoms with Crippen molar-refractivity contribution in [1.82, 2.24) is 19.9 Å². The lowest BCUT2D eigenvalue weighted by Gasteiger charge is -2.26. The number of aromatic nitrogens is 3. The smallest absolute Gasteiger partial charge is 0.223 e. The number of carbonyl (C=O) groups excluding carboxylic acids is 1. The zero-order chi connectivity index (χ0) is 17.3. The zero-order valence-corrected chi connectivity index (χ0v) is 15.4. The van der Waals surface area contributed by atoms with Crippen molar-refractivity contribution in [3.05, 3.63) is 33.8 Å². The molecule has 0 bridgehead atoms. The first-order valence-electron chi connectivity index (χ1n) is 8.21. The first-order valence-corrected chi connectivity index (χ1v) is 9.03. The quantitative estimate of drug-likeness (QED) is 0.925. The molecule has 1 aliphatic rings. The average Bonchev–Trinajstić information content (AvgIpc) is 2.85. The van der Waals surface area contributed by atoms with Gasteiger partial charge in [-0.05, 0) is 32.8 Å². The van der Waals surface area contributed by atoms with Crippen LogP contribution in [0.25, 0.3) is 0 Å². The molecule has 128 valence electrons. The molecule has 0 unspecified atom stereocenters. The van der Waals surface area contributed by atoms with E-state index in [9.17, 15) is 4.79 Å². The van der Waals surface area contributed by atoms with Crippen molar-refractivity contribution >= 4 is 22.4 Å². The third-order valence-electron chi connectivity index (χ3n) is 4.37. The maximum atomic E-state index is 11.1. The van der Waals surface area contributed by atoms with Crippen molar-refractivity contribution in [1.29, 1.82) is 0 Å². The third kappa shape index (κ3) is 3.79. The molecule has 0 saturated heterocycles. The Morgan fingerprint density at radius 1 is 1.42 bits per heavy atom. The van der Waals surface area contributed by atoms with Gasteiger partial charge in [-0.3, -0.25) is 9.69 Å². The van der Waals surface area contributed by atoms with E-state index in [1.54, 1.807) is 11.3 Å². The van der Waals surface area contributed by atoms with Crippen molar-refractivity contribution in [2.45, 2.75) is 53.1 Å². The van der Waals surface area contributed by atoms with Crippen molar-refractivity contribution in [3.8, 4) is 0 Å². The van der Waals surface area contributed by atoms with Gasteiger partial charge in [0.25, 0.3) is 0 Å². The van der Waals surface area contributed by atoms with Crippen LogP contribution in [0.5, 0.6) is 0 Å². The molecule has 1 amide bonds. The summed E-state index contributed by atoms with van der Waals surface area (Å²) in [5, 5.41) is 3.41. The molecule has 1 N–H and O–H groups in total. The molecule has 0 fully saturated rings. The molecule has 0 aromatic carbocycles. The highest BCUT2D eigenvalue weighted by atomic mass is 32.1. The molecule has 2 aromatic heterocycles. The maximum Gasteiger partial charge on any atom is 0.223 e. The lowest BCUT2D eigenvalue weighted by molar-refractivity contribution is -0.114. The average molecular weight is 345 g/mol. The van der Waals surface area contributed by atoms with Gasteiger partial charge in [0.1, 0.15) is 5.82 Å². The Morgan fingerprint density at radius 3 is 2.96 bits per heavy atom. The number of thiazole rings is 1. The van der Waals surface area contributed by atoms with E-state index < -0.39 is 0 Å². The monoisotopic (exact) mass is 345 g/mol. The van der Waals surface area contributed by atoms with Crippen LogP contribution in [-0.4, -0.2) is 38.3 Å². The predicted molar refractivity (Wildman–Crippen MR) is 95.2 cm³/mol. The largest absolute Gasteiger partial charge is 0.302 e. The summed E-state index contributed by atoms with van der Waals surface area (Å²) in [6, 6.07) is 0.419. The first-order chi connectivity index (χ1) is 11.4. The van der Waals surface area contributed by atoms with E-state index in [0.717, 1.165) is 42.3 Å². The second-order valence-corrected chi connectivity index (χ2v) is 7.48.